The summed E-state index contributed by atoms with van der Waals surface area (Å²) >= 11 is 1.72. The van der Waals surface area contributed by atoms with Gasteiger partial charge in [-0.15, -0.1) is 11.3 Å². The quantitative estimate of drug-likeness (QED) is 0.145. The largest absolute Gasteiger partial charge is 0.455 e. The molecule has 0 aliphatic heterocycles. The number of benzene rings is 6. The van der Waals surface area contributed by atoms with Crippen molar-refractivity contribution in [1.82, 2.24) is 24.9 Å². The smallest absolute Gasteiger partial charge is 0.164 e. The fraction of sp³-hybridized carbons (Fsp3) is 0. The maximum absolute atomic E-state index is 6.76. The molecule has 0 saturated heterocycles. The van der Waals surface area contributed by atoms with Gasteiger partial charge in [-0.3, -0.25) is 0 Å². The second-order valence-electron chi connectivity index (χ2n) is 13.3. The van der Waals surface area contributed by atoms with Gasteiger partial charge >= 0.3 is 0 Å². The van der Waals surface area contributed by atoms with Gasteiger partial charge in [-0.05, 0) is 23.8 Å². The van der Waals surface area contributed by atoms with Crippen LogP contribution in [0.25, 0.3) is 105 Å². The minimum absolute atomic E-state index is 0.566. The Kier molecular flexibility index (Phi) is 8.39. The highest BCUT2D eigenvalue weighted by molar-refractivity contribution is 7.26. The maximum atomic E-state index is 6.76. The standard InChI is InChI=1S/C49H31N5OS/c1-2-3-4-7-16-31-27-29-32(30-28-31)42-45-43(35-21-12-13-26-40(35)56-45)51-49(50-42)38-24-14-22-36-41-37(23-15-25-39(41)55-44(36)38)48-53-46(33-17-8-5-9-18-33)52-47(54-48)34-19-10-6-11-20-34/h2-30H,1H2/b4-3-,16-7+. The molecule has 0 aliphatic carbocycles. The number of hydrogen-bond acceptors (Lipinski definition) is 7. The highest BCUT2D eigenvalue weighted by Crippen LogP contribution is 2.43. The van der Waals surface area contributed by atoms with Crippen molar-refractivity contribution in [2.45, 2.75) is 0 Å². The molecule has 0 aliphatic rings. The van der Waals surface area contributed by atoms with Crippen LogP contribution in [-0.2, 0) is 0 Å². The minimum Gasteiger partial charge on any atom is -0.455 e. The molecule has 6 nitrogen and oxygen atoms in total. The zero-order valence-corrected chi connectivity index (χ0v) is 30.8. The number of para-hydroxylation sites is 1. The van der Waals surface area contributed by atoms with Crippen molar-refractivity contribution in [2.24, 2.45) is 0 Å². The van der Waals surface area contributed by atoms with Crippen molar-refractivity contribution in [3.05, 3.63) is 182 Å². The van der Waals surface area contributed by atoms with Crippen LogP contribution in [0.5, 0.6) is 0 Å². The Morgan fingerprint density at radius 3 is 1.89 bits per heavy atom. The Labute approximate surface area is 326 Å². The van der Waals surface area contributed by atoms with E-state index in [2.05, 4.69) is 73.3 Å². The van der Waals surface area contributed by atoms with Crippen molar-refractivity contribution in [2.75, 3.05) is 0 Å². The van der Waals surface area contributed by atoms with E-state index in [1.54, 1.807) is 17.4 Å². The van der Waals surface area contributed by atoms with Crippen LogP contribution in [0.4, 0.5) is 0 Å². The lowest BCUT2D eigenvalue weighted by Gasteiger charge is -2.09. The fourth-order valence-corrected chi connectivity index (χ4v) is 8.26. The van der Waals surface area contributed by atoms with Gasteiger partial charge in [0.05, 0.1) is 21.5 Å². The third-order valence-corrected chi connectivity index (χ3v) is 10.9. The summed E-state index contributed by atoms with van der Waals surface area (Å²) in [6.45, 7) is 3.74. The molecule has 0 unspecified atom stereocenters. The molecule has 10 aromatic rings. The number of nitrogens with zero attached hydrogens (tertiary/aromatic N) is 5. The second-order valence-corrected chi connectivity index (χ2v) is 14.3. The average Bonchev–Trinajstić information content (AvgIpc) is 3.84. The molecule has 0 atom stereocenters. The summed E-state index contributed by atoms with van der Waals surface area (Å²) in [5.41, 5.74) is 8.83. The predicted molar refractivity (Wildman–Crippen MR) is 231 cm³/mol. The van der Waals surface area contributed by atoms with E-state index in [0.29, 0.717) is 28.9 Å². The van der Waals surface area contributed by atoms with Crippen LogP contribution in [0, 0.1) is 0 Å². The molecule has 0 amide bonds. The van der Waals surface area contributed by atoms with Gasteiger partial charge in [-0.1, -0.05) is 164 Å². The van der Waals surface area contributed by atoms with Crippen LogP contribution in [0.15, 0.2) is 181 Å². The van der Waals surface area contributed by atoms with Crippen molar-refractivity contribution in [1.29, 1.82) is 0 Å². The van der Waals surface area contributed by atoms with Crippen LogP contribution in [0.1, 0.15) is 5.56 Å². The van der Waals surface area contributed by atoms with Crippen molar-refractivity contribution in [3.8, 4) is 56.8 Å². The summed E-state index contributed by atoms with van der Waals surface area (Å²) in [6, 6.07) is 49.1. The van der Waals surface area contributed by atoms with Gasteiger partial charge in [0.15, 0.2) is 23.3 Å². The molecule has 4 heterocycles. The molecule has 7 heteroatoms. The fourth-order valence-electron chi connectivity index (χ4n) is 7.11. The Morgan fingerprint density at radius 1 is 0.500 bits per heavy atom. The molecular weight excluding hydrogens is 707 g/mol. The molecule has 0 fully saturated rings. The molecule has 4 aromatic heterocycles. The molecule has 56 heavy (non-hydrogen) atoms. The first-order valence-corrected chi connectivity index (χ1v) is 19.1. The Morgan fingerprint density at radius 2 is 1.14 bits per heavy atom. The van der Waals surface area contributed by atoms with E-state index in [-0.39, 0.29) is 0 Å². The summed E-state index contributed by atoms with van der Waals surface area (Å²) in [7, 11) is 0. The van der Waals surface area contributed by atoms with Crippen LogP contribution >= 0.6 is 11.3 Å². The third kappa shape index (κ3) is 5.97. The topological polar surface area (TPSA) is 77.6 Å². The summed E-state index contributed by atoms with van der Waals surface area (Å²) < 4.78 is 8.97. The summed E-state index contributed by atoms with van der Waals surface area (Å²) in [4.78, 5) is 25.6. The first kappa shape index (κ1) is 33.2. The predicted octanol–water partition coefficient (Wildman–Crippen LogP) is 13.0. The highest BCUT2D eigenvalue weighted by atomic mass is 32.1. The molecule has 0 saturated carbocycles. The summed E-state index contributed by atoms with van der Waals surface area (Å²) in [5, 5.41) is 2.95. The van der Waals surface area contributed by atoms with Crippen molar-refractivity contribution < 1.29 is 4.42 Å². The Hall–Kier alpha value is -7.35. The third-order valence-electron chi connectivity index (χ3n) is 9.75. The Bertz CT molecular complexity index is 3090. The molecule has 264 valence electrons. The van der Waals surface area contributed by atoms with Gasteiger partial charge in [0.25, 0.3) is 0 Å². The lowest BCUT2D eigenvalue weighted by atomic mass is 10.0. The molecule has 0 spiro atoms. The highest BCUT2D eigenvalue weighted by Gasteiger charge is 2.22. The zero-order valence-electron chi connectivity index (χ0n) is 30.0. The Balaban J connectivity index is 1.16. The average molecular weight is 738 g/mol. The van der Waals surface area contributed by atoms with E-state index in [1.807, 2.05) is 103 Å². The molecule has 0 radical (unpaired) electrons. The van der Waals surface area contributed by atoms with E-state index in [0.717, 1.165) is 75.7 Å². The molecule has 6 aromatic carbocycles. The van der Waals surface area contributed by atoms with E-state index < -0.39 is 0 Å². The van der Waals surface area contributed by atoms with Crippen LogP contribution in [0.2, 0.25) is 0 Å². The zero-order chi connectivity index (χ0) is 37.4. The molecule has 10 rings (SSSR count). The van der Waals surface area contributed by atoms with E-state index >= 15 is 0 Å². The lowest BCUT2D eigenvalue weighted by molar-refractivity contribution is 0.669. The summed E-state index contributed by atoms with van der Waals surface area (Å²) in [5.74, 6) is 2.37. The summed E-state index contributed by atoms with van der Waals surface area (Å²) in [6.07, 6.45) is 9.72. The number of allylic oxidation sites excluding steroid dienone is 4. The van der Waals surface area contributed by atoms with Crippen LogP contribution < -0.4 is 0 Å². The maximum Gasteiger partial charge on any atom is 0.164 e. The second kappa shape index (κ2) is 14.1. The van der Waals surface area contributed by atoms with Crippen LogP contribution in [0.3, 0.4) is 0 Å². The van der Waals surface area contributed by atoms with Gasteiger partial charge in [-0.2, -0.15) is 0 Å². The van der Waals surface area contributed by atoms with Gasteiger partial charge in [0, 0.05) is 43.1 Å². The first-order valence-electron chi connectivity index (χ1n) is 18.3. The SMILES string of the molecule is C=C/C=C\C=C\c1ccc(-c2nc(-c3cccc4c3oc3cccc(-c5nc(-c6ccccc6)nc(-c6ccccc6)n5)c34)nc3c2sc2ccccc23)cc1. The minimum atomic E-state index is 0.566. The van der Waals surface area contributed by atoms with Crippen molar-refractivity contribution in [3.63, 3.8) is 0 Å². The number of aromatic nitrogens is 5. The molecule has 0 bridgehead atoms. The molecule has 0 N–H and O–H groups in total. The molecular formula is C49H31N5OS. The number of hydrogen-bond donors (Lipinski definition) is 0. The number of rotatable bonds is 8. The lowest BCUT2D eigenvalue weighted by Crippen LogP contribution is -2.00. The van der Waals surface area contributed by atoms with E-state index in [9.17, 15) is 0 Å². The van der Waals surface area contributed by atoms with Gasteiger partial charge in [0.2, 0.25) is 0 Å². The number of furan rings is 1. The van der Waals surface area contributed by atoms with E-state index in [4.69, 9.17) is 29.3 Å². The monoisotopic (exact) mass is 737 g/mol. The van der Waals surface area contributed by atoms with Crippen LogP contribution in [-0.4, -0.2) is 24.9 Å². The van der Waals surface area contributed by atoms with Gasteiger partial charge in [0.1, 0.15) is 11.2 Å². The van der Waals surface area contributed by atoms with Crippen molar-refractivity contribution >= 4 is 59.7 Å². The van der Waals surface area contributed by atoms with Gasteiger partial charge < -0.3 is 4.42 Å². The first-order chi connectivity index (χ1) is 27.7. The van der Waals surface area contributed by atoms with Gasteiger partial charge in [-0.25, -0.2) is 24.9 Å². The normalized spacial score (nSPS) is 11.9. The number of thiophene rings is 1. The number of fused-ring (bicyclic) bond motifs is 6. The van der Waals surface area contributed by atoms with E-state index in [1.165, 1.54) is 0 Å².